The highest BCUT2D eigenvalue weighted by Gasteiger charge is 2.59. The highest BCUT2D eigenvalue weighted by molar-refractivity contribution is 5.90. The lowest BCUT2D eigenvalue weighted by Gasteiger charge is -2.55. The molecule has 1 amide bonds. The molecule has 2 aliphatic heterocycles. The molecule has 1 aliphatic carbocycles. The number of hydrogen-bond donors (Lipinski definition) is 1. The molecule has 3 heterocycles. The predicted octanol–water partition coefficient (Wildman–Crippen LogP) is 2.35. The summed E-state index contributed by atoms with van der Waals surface area (Å²) >= 11 is 0. The van der Waals surface area contributed by atoms with Crippen molar-refractivity contribution in [3.05, 3.63) is 53.3 Å². The fourth-order valence-electron chi connectivity index (χ4n) is 5.93. The Bertz CT molecular complexity index is 948. The van der Waals surface area contributed by atoms with Crippen molar-refractivity contribution in [2.75, 3.05) is 39.0 Å². The van der Waals surface area contributed by atoms with E-state index in [-0.39, 0.29) is 16.7 Å². The van der Waals surface area contributed by atoms with Crippen molar-refractivity contribution in [2.45, 2.75) is 37.5 Å². The molecule has 5 rings (SSSR count). The van der Waals surface area contributed by atoms with Crippen LogP contribution in [0.2, 0.25) is 0 Å². The maximum absolute atomic E-state index is 13.7. The molecule has 0 radical (unpaired) electrons. The second kappa shape index (κ2) is 6.52. The summed E-state index contributed by atoms with van der Waals surface area (Å²) in [7, 11) is 2.15. The molecule has 6 nitrogen and oxygen atoms in total. The Morgan fingerprint density at radius 3 is 2.59 bits per heavy atom. The van der Waals surface area contributed by atoms with E-state index in [1.54, 1.807) is 6.20 Å². The van der Waals surface area contributed by atoms with E-state index in [1.807, 2.05) is 6.07 Å². The van der Waals surface area contributed by atoms with Gasteiger partial charge in [0.25, 0.3) is 0 Å². The Balaban J connectivity index is 1.39. The molecule has 1 unspecified atom stereocenters. The summed E-state index contributed by atoms with van der Waals surface area (Å²) in [6, 6.07) is 10.4. The van der Waals surface area contributed by atoms with Gasteiger partial charge in [-0.3, -0.25) is 4.79 Å². The Morgan fingerprint density at radius 1 is 1.17 bits per heavy atom. The topological polar surface area (TPSA) is 75.4 Å². The van der Waals surface area contributed by atoms with Crippen LogP contribution in [0.3, 0.4) is 0 Å². The smallest absolute Gasteiger partial charge is 0.233 e. The van der Waals surface area contributed by atoms with Crippen LogP contribution >= 0.6 is 0 Å². The van der Waals surface area contributed by atoms with E-state index < -0.39 is 0 Å². The Morgan fingerprint density at radius 2 is 1.93 bits per heavy atom. The number of carbonyl (C=O) groups is 1. The Hall–Kier alpha value is -2.47. The molecule has 3 fully saturated rings. The summed E-state index contributed by atoms with van der Waals surface area (Å²) in [6.07, 6.45) is 4.80. The van der Waals surface area contributed by atoms with Gasteiger partial charge >= 0.3 is 0 Å². The van der Waals surface area contributed by atoms with E-state index in [9.17, 15) is 4.79 Å². The molecule has 3 aliphatic rings. The first-order valence-corrected chi connectivity index (χ1v) is 10.6. The van der Waals surface area contributed by atoms with E-state index >= 15 is 0 Å². The third-order valence-corrected chi connectivity index (χ3v) is 7.45. The number of rotatable bonds is 3. The van der Waals surface area contributed by atoms with Crippen molar-refractivity contribution in [1.29, 1.82) is 0 Å². The number of amides is 1. The number of benzene rings is 1. The molecule has 6 heteroatoms. The number of nitrogens with zero attached hydrogens (tertiary/aromatic N) is 4. The zero-order valence-corrected chi connectivity index (χ0v) is 17.3. The largest absolute Gasteiger partial charge is 0.368 e. The van der Waals surface area contributed by atoms with Gasteiger partial charge < -0.3 is 15.5 Å². The number of nitrogens with two attached hydrogens (primary N) is 1. The van der Waals surface area contributed by atoms with Crippen molar-refractivity contribution in [3.8, 4) is 0 Å². The first kappa shape index (κ1) is 18.6. The van der Waals surface area contributed by atoms with E-state index in [2.05, 4.69) is 58.0 Å². The lowest BCUT2D eigenvalue weighted by atomic mass is 9.61. The predicted molar refractivity (Wildman–Crippen MR) is 112 cm³/mol. The van der Waals surface area contributed by atoms with Gasteiger partial charge in [0.2, 0.25) is 11.9 Å². The lowest BCUT2D eigenvalue weighted by Crippen LogP contribution is -2.66. The number of nitrogen functional groups attached to an aromatic ring is 1. The summed E-state index contributed by atoms with van der Waals surface area (Å²) in [4.78, 5) is 26.7. The number of likely N-dealkylation sites (tertiary alicyclic amines) is 2. The van der Waals surface area contributed by atoms with Crippen LogP contribution in [0.4, 0.5) is 5.95 Å². The maximum Gasteiger partial charge on any atom is 0.233 e. The summed E-state index contributed by atoms with van der Waals surface area (Å²) < 4.78 is 0. The molecule has 1 aromatic heterocycles. The van der Waals surface area contributed by atoms with Gasteiger partial charge in [-0.1, -0.05) is 30.7 Å². The minimum absolute atomic E-state index is 0.0713. The Labute approximate surface area is 172 Å². The second-order valence-electron chi connectivity index (χ2n) is 9.36. The van der Waals surface area contributed by atoms with Crippen LogP contribution < -0.4 is 5.73 Å². The van der Waals surface area contributed by atoms with Crippen LogP contribution in [-0.4, -0.2) is 58.9 Å². The molecule has 2 saturated heterocycles. The number of likely N-dealkylation sites (N-methyl/N-ethyl adjacent to an activating group) is 1. The molecule has 1 atom stereocenters. The van der Waals surface area contributed by atoms with Crippen molar-refractivity contribution < 1.29 is 4.79 Å². The fraction of sp³-hybridized carbons (Fsp3) is 0.522. The third-order valence-electron chi connectivity index (χ3n) is 7.45. The van der Waals surface area contributed by atoms with E-state index in [1.165, 1.54) is 11.1 Å². The molecule has 2 N–H and O–H groups in total. The molecular formula is C23H29N5O. The molecule has 1 spiro atoms. The normalized spacial score (nSPS) is 24.9. The first-order chi connectivity index (χ1) is 13.9. The first-order valence-electron chi connectivity index (χ1n) is 10.6. The molecule has 29 heavy (non-hydrogen) atoms. The van der Waals surface area contributed by atoms with Crippen LogP contribution in [0, 0.1) is 12.3 Å². The quantitative estimate of drug-likeness (QED) is 0.869. The summed E-state index contributed by atoms with van der Waals surface area (Å²) in [5.74, 6) is 0.935. The molecule has 2 aromatic rings. The second-order valence-corrected chi connectivity index (χ2v) is 9.36. The Kier molecular flexibility index (Phi) is 4.17. The van der Waals surface area contributed by atoms with Crippen LogP contribution in [0.15, 0.2) is 36.5 Å². The summed E-state index contributed by atoms with van der Waals surface area (Å²) in [5.41, 5.74) is 9.06. The van der Waals surface area contributed by atoms with Gasteiger partial charge in [0.1, 0.15) is 0 Å². The van der Waals surface area contributed by atoms with Gasteiger partial charge in [-0.2, -0.15) is 0 Å². The third kappa shape index (κ3) is 2.76. The van der Waals surface area contributed by atoms with E-state index in [0.717, 1.165) is 51.1 Å². The number of hydrogen-bond acceptors (Lipinski definition) is 5. The van der Waals surface area contributed by atoms with Crippen LogP contribution in [0.25, 0.3) is 0 Å². The molecule has 0 bridgehead atoms. The van der Waals surface area contributed by atoms with Crippen LogP contribution in [-0.2, 0) is 10.2 Å². The molecule has 1 aromatic carbocycles. The van der Waals surface area contributed by atoms with Crippen molar-refractivity contribution in [3.63, 3.8) is 0 Å². The zero-order chi connectivity index (χ0) is 20.2. The molecule has 152 valence electrons. The number of aryl methyl sites for hydroxylation is 1. The standard InChI is InChI=1S/C23H29N5O/c1-16-6-3-4-7-17(16)23(9-5-10-23)20(29)28-14-22(15-28)13-27(2)12-18(22)19-8-11-25-21(24)26-19/h3-4,6-8,11,18H,5,9-10,12-15H2,1-2H3,(H2,24,25,26). The monoisotopic (exact) mass is 391 g/mol. The van der Waals surface area contributed by atoms with E-state index in [4.69, 9.17) is 5.73 Å². The highest BCUT2D eigenvalue weighted by Crippen LogP contribution is 2.52. The van der Waals surface area contributed by atoms with Gasteiger partial charge in [-0.25, -0.2) is 9.97 Å². The van der Waals surface area contributed by atoms with Gasteiger partial charge in [0.05, 0.1) is 11.1 Å². The minimum Gasteiger partial charge on any atom is -0.368 e. The van der Waals surface area contributed by atoms with Gasteiger partial charge in [-0.15, -0.1) is 0 Å². The van der Waals surface area contributed by atoms with E-state index in [0.29, 0.717) is 11.9 Å². The average molecular weight is 392 g/mol. The zero-order valence-electron chi connectivity index (χ0n) is 17.3. The minimum atomic E-state index is -0.313. The van der Waals surface area contributed by atoms with Crippen LogP contribution in [0.1, 0.15) is 42.0 Å². The number of aromatic nitrogens is 2. The van der Waals surface area contributed by atoms with Gasteiger partial charge in [0.15, 0.2) is 0 Å². The lowest BCUT2D eigenvalue weighted by molar-refractivity contribution is -0.153. The average Bonchev–Trinajstić information content (AvgIpc) is 2.98. The van der Waals surface area contributed by atoms with Crippen molar-refractivity contribution in [1.82, 2.24) is 19.8 Å². The summed E-state index contributed by atoms with van der Waals surface area (Å²) in [5, 5.41) is 0. The SMILES string of the molecule is Cc1ccccc1C1(C(=O)N2CC3(CN(C)CC3c3ccnc(N)n3)C2)CCC1. The molecule has 1 saturated carbocycles. The van der Waals surface area contributed by atoms with Crippen molar-refractivity contribution >= 4 is 11.9 Å². The maximum atomic E-state index is 13.7. The number of carbonyl (C=O) groups excluding carboxylic acids is 1. The summed E-state index contributed by atoms with van der Waals surface area (Å²) in [6.45, 7) is 5.67. The number of anilines is 1. The highest BCUT2D eigenvalue weighted by atomic mass is 16.2. The van der Waals surface area contributed by atoms with Gasteiger partial charge in [0, 0.05) is 43.7 Å². The van der Waals surface area contributed by atoms with Crippen LogP contribution in [0.5, 0.6) is 0 Å². The van der Waals surface area contributed by atoms with Crippen molar-refractivity contribution in [2.24, 2.45) is 5.41 Å². The molecular weight excluding hydrogens is 362 g/mol. The van der Waals surface area contributed by atoms with Gasteiger partial charge in [-0.05, 0) is 44.0 Å². The fourth-order valence-corrected chi connectivity index (χ4v) is 5.93.